The molecule has 0 aromatic heterocycles. The standard InChI is InChI=1S/5C22H31NO3/c5*1-3-23(4-2)17-11-12-18-26-21(24)22(25,19-13-7-5-8-14-19)20-15-9-6-10-16-20/h5*5,7-8,13-14,20,25H,3-4,6,9-10,15-18H2,1-2H3/i1D3,2D3,5D,6D2,7D,8D,9D2,10D2,13D,14D,15D2,16D2,20D;3D2,4D2,6D2,9D2,10D2,15D2,16D2,20D;3D2,4D2,5D,7D,8D,13D,14D;1D3,2D3,5D,7D,8D,13D,14D;3D2,4D2. The molecule has 5 aromatic rings. The van der Waals surface area contributed by atoms with Gasteiger partial charge in [-0.15, -0.1) is 0 Å². The molecule has 0 aliphatic heterocycles. The van der Waals surface area contributed by atoms with Crippen LogP contribution >= 0.6 is 0 Å². The highest BCUT2D eigenvalue weighted by atomic mass is 16.6. The van der Waals surface area contributed by atoms with Crippen molar-refractivity contribution in [1.29, 1.82) is 0 Å². The Balaban J connectivity index is 0.000000362. The van der Waals surface area contributed by atoms with E-state index in [1.807, 2.05) is 6.07 Å². The van der Waals surface area contributed by atoms with Crippen molar-refractivity contribution < 1.29 is 157 Å². The fourth-order valence-electron chi connectivity index (χ4n) is 13.5. The normalized spacial score (nSPS) is 29.5. The molecule has 0 amide bonds. The number of esters is 5. The zero-order valence-corrected chi connectivity index (χ0v) is 73.6. The number of nitrogens with zero attached hydrogens (tertiary/aromatic N) is 5. The summed E-state index contributed by atoms with van der Waals surface area (Å²) < 4.78 is 511. The van der Waals surface area contributed by atoms with Gasteiger partial charge in [0.25, 0.3) is 0 Å². The van der Waals surface area contributed by atoms with E-state index < -0.39 is 390 Å². The van der Waals surface area contributed by atoms with E-state index in [-0.39, 0.29) is 32.2 Å². The van der Waals surface area contributed by atoms with Gasteiger partial charge >= 0.3 is 29.8 Å². The second kappa shape index (κ2) is 61.5. The second-order valence-corrected chi connectivity index (χ2v) is 28.5. The molecule has 5 aliphatic rings. The molecule has 710 valence electrons. The molecule has 130 heavy (non-hydrogen) atoms. The van der Waals surface area contributed by atoms with Gasteiger partial charge in [-0.05, 0) is 157 Å². The van der Waals surface area contributed by atoms with E-state index in [1.54, 1.807) is 24.3 Å². The molecule has 0 heterocycles. The van der Waals surface area contributed by atoms with Crippen LogP contribution in [0.2, 0.25) is 0 Å². The van der Waals surface area contributed by atoms with E-state index in [1.165, 1.54) is 45.9 Å². The van der Waals surface area contributed by atoms with Crippen LogP contribution in [0.5, 0.6) is 0 Å². The second-order valence-electron chi connectivity index (χ2n) is 28.5. The van der Waals surface area contributed by atoms with Gasteiger partial charge in [-0.2, -0.15) is 0 Å². The van der Waals surface area contributed by atoms with Gasteiger partial charge < -0.3 is 49.2 Å². The van der Waals surface area contributed by atoms with Crippen molar-refractivity contribution in [2.75, 3.05) is 131 Å². The average molecular weight is 1850 g/mol. The molecule has 0 saturated heterocycles. The summed E-state index contributed by atoms with van der Waals surface area (Å²) in [5.41, 5.74) is -17.9. The molecule has 0 spiro atoms. The minimum Gasteiger partial charge on any atom is -0.450 e. The van der Waals surface area contributed by atoms with Crippen LogP contribution in [0.25, 0.3) is 0 Å². The Hall–Kier alpha value is -9.15. The molecule has 5 aromatic carbocycles. The Kier molecular flexibility index (Phi) is 23.5. The van der Waals surface area contributed by atoms with E-state index in [4.69, 9.17) is 107 Å². The molecule has 5 fully saturated rings. The van der Waals surface area contributed by atoms with Crippen LogP contribution in [-0.2, 0) is 75.7 Å². The van der Waals surface area contributed by atoms with Crippen LogP contribution in [0.4, 0.5) is 0 Å². The number of benzene rings is 5. The van der Waals surface area contributed by atoms with Crippen LogP contribution in [0.15, 0.2) is 151 Å². The molecule has 10 rings (SSSR count). The number of hydrogen-bond acceptors (Lipinski definition) is 20. The predicted molar refractivity (Wildman–Crippen MR) is 517 cm³/mol. The van der Waals surface area contributed by atoms with E-state index in [0.29, 0.717) is 56.9 Å². The van der Waals surface area contributed by atoms with Crippen molar-refractivity contribution in [3.8, 4) is 59.2 Å². The van der Waals surface area contributed by atoms with Gasteiger partial charge in [-0.1, -0.05) is 375 Å². The first kappa shape index (κ1) is 49.7. The number of aliphatic hydroxyl groups is 5. The predicted octanol–water partition coefficient (Wildman–Crippen LogP) is 16.7. The first-order valence-electron chi connectivity index (χ1n) is 72.1. The average Bonchev–Trinajstić information content (AvgIpc) is 0.642. The van der Waals surface area contributed by atoms with Gasteiger partial charge in [-0.25, -0.2) is 24.0 Å². The fourth-order valence-corrected chi connectivity index (χ4v) is 13.5. The van der Waals surface area contributed by atoms with E-state index in [9.17, 15) is 49.5 Å². The highest BCUT2D eigenvalue weighted by Gasteiger charge is 2.52. The van der Waals surface area contributed by atoms with Gasteiger partial charge in [0.15, 0.2) is 61.0 Å². The number of carbonyl (C=O) groups excluding carboxylic acids is 5. The number of rotatable bonds is 35. The molecule has 0 bridgehead atoms. The Bertz CT molecular complexity index is 7270. The SMILES string of the molecule is [2H]C([2H])(C)N(CC#CCOC(=O)C(O)(c1ccccc1)C1([2H])C([2H])([2H])C([2H])([2H])C([2H])([2H])C([2H])([2H])C1([2H])[2H])C([2H])([2H])C.[2H]C([2H])(C)N(CC#CCOC(=O)C(O)(c1ccccc1)C1CCCCC1)C([2H])([2H])C.[2H]c1c([2H])c([2H])c(C(O)(C(=O)OCC#CCN(C([2H])([2H])C)C([2H])([2H])C)C2CCCCC2)c([2H])c1[2H].[2H]c1c([2H])c([2H])c(C(O)(C(=O)OCC#CCN(CC([2H])([2H])[2H])CC([2H])([2H])[2H])C2([2H])C([2H])([2H])C([2H])([2H])C([2H])([2H])C([2H])([2H])C2([2H])[2H])c([2H])c1[2H].[2H]c1c([2H])c([2H])c(C(O)(C(=O)OCC#CCN(CC([2H])([2H])[2H])CC([2H])([2H])[2H])C2CCCCC2)c([2H])c1[2H]. The zero-order valence-electron chi connectivity index (χ0n) is 135. The van der Waals surface area contributed by atoms with Gasteiger partial charge in [0, 0.05) is 92.6 Å². The highest BCUT2D eigenvalue weighted by Crippen LogP contribution is 2.46. The molecule has 5 unspecified atom stereocenters. The van der Waals surface area contributed by atoms with Crippen LogP contribution in [-0.4, -0.2) is 211 Å². The number of ether oxygens (including phenoxy) is 5. The zero-order chi connectivity index (χ0) is 148. The lowest BCUT2D eigenvalue weighted by Gasteiger charge is -2.36. The maximum atomic E-state index is 13.8. The highest BCUT2D eigenvalue weighted by molar-refractivity contribution is 5.84. The van der Waals surface area contributed by atoms with Crippen molar-refractivity contribution in [3.05, 3.63) is 179 Å². The molecule has 5 saturated carbocycles. The van der Waals surface area contributed by atoms with Gasteiger partial charge in [-0.3, -0.25) is 24.5 Å². The summed E-state index contributed by atoms with van der Waals surface area (Å²) in [5.74, 6) is 6.67. The summed E-state index contributed by atoms with van der Waals surface area (Å²) in [4.78, 5) is 71.2. The third-order valence-electron chi connectivity index (χ3n) is 20.7. The van der Waals surface area contributed by atoms with Gasteiger partial charge in [0.1, 0.15) is 0 Å². The first-order chi connectivity index (χ1) is 86.2. The summed E-state index contributed by atoms with van der Waals surface area (Å²) in [5, 5.41) is 58.6. The van der Waals surface area contributed by atoms with Crippen molar-refractivity contribution in [1.82, 2.24) is 24.5 Å². The van der Waals surface area contributed by atoms with Crippen LogP contribution < -0.4 is 0 Å². The smallest absolute Gasteiger partial charge is 0.344 e. The third kappa shape index (κ3) is 33.8. The Labute approximate surface area is 866 Å². The summed E-state index contributed by atoms with van der Waals surface area (Å²) in [7, 11) is 0. The van der Waals surface area contributed by atoms with E-state index in [0.717, 1.165) is 95.4 Å². The van der Waals surface area contributed by atoms with Crippen molar-refractivity contribution in [3.63, 3.8) is 0 Å². The largest absolute Gasteiger partial charge is 0.450 e. The minimum atomic E-state index is -4.64. The van der Waals surface area contributed by atoms with E-state index in [2.05, 4.69) is 59.2 Å². The number of hydrogen-bond donors (Lipinski definition) is 5. The summed E-state index contributed by atoms with van der Waals surface area (Å²) in [6.07, 6.45) is -30.9. The van der Waals surface area contributed by atoms with Crippen LogP contribution in [0, 0.1) is 88.7 Å². The molecule has 20 heteroatoms. The molecule has 20 nitrogen and oxygen atoms in total. The molecule has 5 aliphatic carbocycles. The van der Waals surface area contributed by atoms with Gasteiger partial charge in [0.05, 0.1) is 53.3 Å². The van der Waals surface area contributed by atoms with E-state index >= 15 is 0 Å². The molecular weight excluding hydrogens is 1630 g/mol. The quantitative estimate of drug-likeness (QED) is 0.0144. The monoisotopic (exact) mass is 1850 g/mol. The van der Waals surface area contributed by atoms with Crippen LogP contribution in [0.3, 0.4) is 0 Å². The maximum Gasteiger partial charge on any atom is 0.344 e. The molecular formula is C110H155N5O15. The summed E-state index contributed by atoms with van der Waals surface area (Å²) in [6.45, 7) is -22.6. The molecule has 0 radical (unpaired) electrons. The van der Waals surface area contributed by atoms with Crippen LogP contribution in [0.1, 0.15) is 340 Å². The van der Waals surface area contributed by atoms with Crippen molar-refractivity contribution >= 4 is 29.8 Å². The Morgan fingerprint density at radius 1 is 0.331 bits per heavy atom. The topological polar surface area (TPSA) is 249 Å². The Morgan fingerprint density at radius 3 is 0.808 bits per heavy atom. The lowest BCUT2D eigenvalue weighted by molar-refractivity contribution is -0.174. The van der Waals surface area contributed by atoms with Gasteiger partial charge in [0.2, 0.25) is 0 Å². The Morgan fingerprint density at radius 2 is 0.554 bits per heavy atom. The lowest BCUT2D eigenvalue weighted by atomic mass is 9.73. The number of carbonyl (C=O) groups is 5. The lowest BCUT2D eigenvalue weighted by Crippen LogP contribution is -2.45. The molecule has 5 N–H and O–H groups in total. The van der Waals surface area contributed by atoms with Crippen molar-refractivity contribution in [2.45, 2.75) is 257 Å². The third-order valence-corrected chi connectivity index (χ3v) is 20.7. The minimum absolute atomic E-state index is 0.157. The first-order valence-corrected chi connectivity index (χ1v) is 41.6. The summed E-state index contributed by atoms with van der Waals surface area (Å²) in [6, 6.07) is 1.17. The summed E-state index contributed by atoms with van der Waals surface area (Å²) >= 11 is 0. The van der Waals surface area contributed by atoms with Crippen molar-refractivity contribution in [2.24, 2.45) is 29.5 Å². The molecule has 5 atom stereocenters. The maximum absolute atomic E-state index is 13.8. The fraction of sp³-hybridized carbons (Fsp3) is 0.591.